The monoisotopic (exact) mass is 345 g/mol. The maximum absolute atomic E-state index is 13.7. The molecule has 0 aliphatic rings. The van der Waals surface area contributed by atoms with Gasteiger partial charge in [0.1, 0.15) is 5.82 Å². The summed E-state index contributed by atoms with van der Waals surface area (Å²) in [5.74, 6) is -1.08. The van der Waals surface area contributed by atoms with E-state index in [-0.39, 0.29) is 17.4 Å². The highest BCUT2D eigenvalue weighted by Crippen LogP contribution is 2.37. The molecule has 0 amide bonds. The molecule has 1 nitrogen and oxygen atoms in total. The van der Waals surface area contributed by atoms with Gasteiger partial charge in [0.25, 0.3) is 0 Å². The number of aromatic nitrogens is 1. The maximum atomic E-state index is 13.7. The summed E-state index contributed by atoms with van der Waals surface area (Å²) in [5, 5.41) is -0.905. The molecule has 6 heteroatoms. The minimum absolute atomic E-state index is 0.0983. The fourth-order valence-electron chi connectivity index (χ4n) is 2.20. The van der Waals surface area contributed by atoms with Crippen LogP contribution >= 0.6 is 11.6 Å². The SMILES string of the molecule is CC(C)(C)c1ccnc(Cc2cc(F)c(Cl)c(C(F)(F)F)c2)c1. The molecule has 0 unspecified atom stereocenters. The number of hydrogen-bond acceptors (Lipinski definition) is 1. The smallest absolute Gasteiger partial charge is 0.261 e. The Morgan fingerprint density at radius 1 is 1.09 bits per heavy atom. The molecule has 0 aliphatic carbocycles. The summed E-state index contributed by atoms with van der Waals surface area (Å²) < 4.78 is 52.4. The standard InChI is InChI=1S/C17H16ClF4N/c1-16(2,3)11-4-5-23-12(9-11)6-10-7-13(17(20,21)22)15(18)14(19)8-10/h4-5,7-9H,6H2,1-3H3. The van der Waals surface area contributed by atoms with Crippen LogP contribution in [0.25, 0.3) is 0 Å². The zero-order valence-corrected chi connectivity index (χ0v) is 13.7. The van der Waals surface area contributed by atoms with Gasteiger partial charge in [-0.1, -0.05) is 32.4 Å². The van der Waals surface area contributed by atoms with Crippen molar-refractivity contribution in [2.45, 2.75) is 38.8 Å². The second-order valence-electron chi connectivity index (χ2n) is 6.40. The average molecular weight is 346 g/mol. The van der Waals surface area contributed by atoms with Crippen molar-refractivity contribution in [2.75, 3.05) is 0 Å². The second kappa shape index (κ2) is 6.11. The van der Waals surface area contributed by atoms with Crippen LogP contribution in [0.15, 0.2) is 30.5 Å². The number of halogens is 5. The molecular formula is C17H16ClF4N. The van der Waals surface area contributed by atoms with Crippen molar-refractivity contribution in [2.24, 2.45) is 0 Å². The molecule has 1 aromatic carbocycles. The van der Waals surface area contributed by atoms with Gasteiger partial charge in [-0.2, -0.15) is 13.2 Å². The zero-order chi connectivity index (χ0) is 17.4. The summed E-state index contributed by atoms with van der Waals surface area (Å²) in [6.45, 7) is 6.07. The first-order chi connectivity index (χ1) is 10.5. The summed E-state index contributed by atoms with van der Waals surface area (Å²) in [6, 6.07) is 5.56. The number of nitrogens with zero attached hydrogens (tertiary/aromatic N) is 1. The Hall–Kier alpha value is -1.62. The lowest BCUT2D eigenvalue weighted by molar-refractivity contribution is -0.137. The number of pyridine rings is 1. The van der Waals surface area contributed by atoms with E-state index in [4.69, 9.17) is 11.6 Å². The van der Waals surface area contributed by atoms with Crippen LogP contribution in [0.3, 0.4) is 0 Å². The zero-order valence-electron chi connectivity index (χ0n) is 12.9. The third kappa shape index (κ3) is 4.22. The normalized spacial score (nSPS) is 12.5. The van der Waals surface area contributed by atoms with Gasteiger partial charge in [-0.15, -0.1) is 0 Å². The van der Waals surface area contributed by atoms with Gasteiger partial charge in [0.15, 0.2) is 0 Å². The molecule has 2 rings (SSSR count). The molecule has 0 atom stereocenters. The lowest BCUT2D eigenvalue weighted by Crippen LogP contribution is -2.12. The Morgan fingerprint density at radius 2 is 1.74 bits per heavy atom. The van der Waals surface area contributed by atoms with Gasteiger partial charge in [-0.3, -0.25) is 4.98 Å². The van der Waals surface area contributed by atoms with Crippen LogP contribution in [0.5, 0.6) is 0 Å². The Morgan fingerprint density at radius 3 is 2.30 bits per heavy atom. The predicted octanol–water partition coefficient (Wildman–Crippen LogP) is 5.78. The molecule has 0 N–H and O–H groups in total. The van der Waals surface area contributed by atoms with Crippen molar-refractivity contribution in [3.05, 3.63) is 63.7 Å². The van der Waals surface area contributed by atoms with E-state index in [1.807, 2.05) is 32.9 Å². The Bertz CT molecular complexity index is 718. The highest BCUT2D eigenvalue weighted by Gasteiger charge is 2.34. The van der Waals surface area contributed by atoms with Crippen molar-refractivity contribution in [1.29, 1.82) is 0 Å². The molecule has 1 heterocycles. The van der Waals surface area contributed by atoms with Gasteiger partial charge in [-0.05, 0) is 40.8 Å². The van der Waals surface area contributed by atoms with Gasteiger partial charge >= 0.3 is 6.18 Å². The maximum Gasteiger partial charge on any atom is 0.417 e. The topological polar surface area (TPSA) is 12.9 Å². The van der Waals surface area contributed by atoms with Crippen LogP contribution in [0.2, 0.25) is 5.02 Å². The van der Waals surface area contributed by atoms with E-state index in [0.29, 0.717) is 5.69 Å². The number of alkyl halides is 3. The van der Waals surface area contributed by atoms with Gasteiger partial charge < -0.3 is 0 Å². The minimum atomic E-state index is -4.70. The summed E-state index contributed by atoms with van der Waals surface area (Å²) in [7, 11) is 0. The fourth-order valence-corrected chi connectivity index (χ4v) is 2.42. The highest BCUT2D eigenvalue weighted by molar-refractivity contribution is 6.31. The van der Waals surface area contributed by atoms with Crippen molar-refractivity contribution in [3.8, 4) is 0 Å². The lowest BCUT2D eigenvalue weighted by Gasteiger charge is -2.19. The molecule has 0 bridgehead atoms. The van der Waals surface area contributed by atoms with Crippen LogP contribution in [0.1, 0.15) is 43.2 Å². The van der Waals surface area contributed by atoms with Crippen LogP contribution in [-0.2, 0) is 18.0 Å². The van der Waals surface area contributed by atoms with Crippen molar-refractivity contribution in [3.63, 3.8) is 0 Å². The summed E-state index contributed by atoms with van der Waals surface area (Å²) in [5.41, 5.74) is 0.485. The molecule has 124 valence electrons. The number of hydrogen-bond donors (Lipinski definition) is 0. The molecule has 2 aromatic rings. The molecule has 0 saturated carbocycles. The molecule has 0 radical (unpaired) electrons. The lowest BCUT2D eigenvalue weighted by atomic mass is 9.87. The first-order valence-corrected chi connectivity index (χ1v) is 7.37. The molecule has 0 aliphatic heterocycles. The van der Waals surface area contributed by atoms with E-state index < -0.39 is 22.6 Å². The fraction of sp³-hybridized carbons (Fsp3) is 0.353. The van der Waals surface area contributed by atoms with Crippen molar-refractivity contribution >= 4 is 11.6 Å². The van der Waals surface area contributed by atoms with Crippen LogP contribution in [0, 0.1) is 5.82 Å². The van der Waals surface area contributed by atoms with Crippen molar-refractivity contribution < 1.29 is 17.6 Å². The molecule has 0 spiro atoms. The molecule has 0 fully saturated rings. The van der Waals surface area contributed by atoms with E-state index in [0.717, 1.165) is 17.7 Å². The molecule has 0 saturated heterocycles. The van der Waals surface area contributed by atoms with E-state index in [9.17, 15) is 17.6 Å². The Kier molecular flexibility index (Phi) is 4.71. The highest BCUT2D eigenvalue weighted by atomic mass is 35.5. The van der Waals surface area contributed by atoms with Gasteiger partial charge in [0.05, 0.1) is 10.6 Å². The number of benzene rings is 1. The van der Waals surface area contributed by atoms with Crippen LogP contribution in [0.4, 0.5) is 17.6 Å². The van der Waals surface area contributed by atoms with E-state index >= 15 is 0 Å². The van der Waals surface area contributed by atoms with Gasteiger partial charge in [0, 0.05) is 18.3 Å². The predicted molar refractivity (Wildman–Crippen MR) is 82.2 cm³/mol. The van der Waals surface area contributed by atoms with E-state index in [1.165, 1.54) is 0 Å². The van der Waals surface area contributed by atoms with Crippen LogP contribution in [-0.4, -0.2) is 4.98 Å². The quantitative estimate of drug-likeness (QED) is 0.628. The number of rotatable bonds is 2. The summed E-state index contributed by atoms with van der Waals surface area (Å²) in [4.78, 5) is 4.16. The van der Waals surface area contributed by atoms with Gasteiger partial charge in [0.2, 0.25) is 0 Å². The third-order valence-corrected chi connectivity index (χ3v) is 3.85. The minimum Gasteiger partial charge on any atom is -0.261 e. The van der Waals surface area contributed by atoms with Gasteiger partial charge in [-0.25, -0.2) is 4.39 Å². The van der Waals surface area contributed by atoms with Crippen molar-refractivity contribution in [1.82, 2.24) is 4.98 Å². The molecule has 1 aromatic heterocycles. The van der Waals surface area contributed by atoms with E-state index in [2.05, 4.69) is 4.98 Å². The molecule has 23 heavy (non-hydrogen) atoms. The Labute approximate surface area is 137 Å². The Balaban J connectivity index is 2.40. The third-order valence-electron chi connectivity index (χ3n) is 3.46. The summed E-state index contributed by atoms with van der Waals surface area (Å²) >= 11 is 5.43. The average Bonchev–Trinajstić information content (AvgIpc) is 2.41. The largest absolute Gasteiger partial charge is 0.417 e. The van der Waals surface area contributed by atoms with Crippen LogP contribution < -0.4 is 0 Å². The first-order valence-electron chi connectivity index (χ1n) is 6.99. The molecular weight excluding hydrogens is 330 g/mol. The first kappa shape index (κ1) is 17.7. The second-order valence-corrected chi connectivity index (χ2v) is 6.78. The van der Waals surface area contributed by atoms with E-state index in [1.54, 1.807) is 6.20 Å². The summed E-state index contributed by atoms with van der Waals surface area (Å²) in [6.07, 6.45) is -3.00.